The minimum atomic E-state index is -0.754. The van der Waals surface area contributed by atoms with E-state index in [1.54, 1.807) is 7.11 Å². The van der Waals surface area contributed by atoms with Crippen molar-refractivity contribution >= 4 is 17.6 Å². The molecule has 1 aromatic carbocycles. The fourth-order valence-corrected chi connectivity index (χ4v) is 1.98. The summed E-state index contributed by atoms with van der Waals surface area (Å²) in [7, 11) is 3.54. The molecule has 0 aromatic heterocycles. The molecular weight excluding hydrogens is 254 g/mol. The lowest BCUT2D eigenvalue weighted by atomic mass is 10.2. The Balaban J connectivity index is 2.46. The molecular formula is C13H18ClNO3. The SMILES string of the molecule is COc1ccc(CN(C)CCCC(=O)O)cc1Cl. The van der Waals surface area contributed by atoms with Gasteiger partial charge in [-0.2, -0.15) is 0 Å². The van der Waals surface area contributed by atoms with Crippen molar-refractivity contribution in [2.75, 3.05) is 20.7 Å². The van der Waals surface area contributed by atoms with Crippen LogP contribution in [0, 0.1) is 0 Å². The zero-order valence-electron chi connectivity index (χ0n) is 10.6. The highest BCUT2D eigenvalue weighted by atomic mass is 35.5. The van der Waals surface area contributed by atoms with Gasteiger partial charge in [0.2, 0.25) is 0 Å². The average molecular weight is 272 g/mol. The van der Waals surface area contributed by atoms with Gasteiger partial charge in [0.25, 0.3) is 0 Å². The van der Waals surface area contributed by atoms with E-state index in [0.29, 0.717) is 17.2 Å². The Hall–Kier alpha value is -1.26. The van der Waals surface area contributed by atoms with Crippen LogP contribution in [0.3, 0.4) is 0 Å². The summed E-state index contributed by atoms with van der Waals surface area (Å²) in [6.07, 6.45) is 0.851. The summed E-state index contributed by atoms with van der Waals surface area (Å²) in [6.45, 7) is 1.49. The molecule has 1 aromatic rings. The highest BCUT2D eigenvalue weighted by Gasteiger charge is 2.05. The molecule has 0 fully saturated rings. The normalized spacial score (nSPS) is 10.7. The monoisotopic (exact) mass is 271 g/mol. The maximum Gasteiger partial charge on any atom is 0.303 e. The van der Waals surface area contributed by atoms with E-state index in [1.165, 1.54) is 0 Å². The highest BCUT2D eigenvalue weighted by Crippen LogP contribution is 2.25. The number of rotatable bonds is 7. The average Bonchev–Trinajstić information content (AvgIpc) is 2.28. The van der Waals surface area contributed by atoms with E-state index in [9.17, 15) is 4.79 Å². The maximum atomic E-state index is 10.4. The number of carboxylic acid groups (broad SMARTS) is 1. The van der Waals surface area contributed by atoms with Crippen molar-refractivity contribution in [2.45, 2.75) is 19.4 Å². The molecule has 0 radical (unpaired) electrons. The Morgan fingerprint density at radius 2 is 2.22 bits per heavy atom. The molecule has 0 aliphatic rings. The summed E-state index contributed by atoms with van der Waals surface area (Å²) in [4.78, 5) is 12.5. The second-order valence-corrected chi connectivity index (χ2v) is 4.61. The van der Waals surface area contributed by atoms with Gasteiger partial charge < -0.3 is 14.7 Å². The number of hydrogen-bond acceptors (Lipinski definition) is 3. The van der Waals surface area contributed by atoms with Crippen molar-refractivity contribution in [3.8, 4) is 5.75 Å². The lowest BCUT2D eigenvalue weighted by molar-refractivity contribution is -0.137. The number of carboxylic acids is 1. The molecule has 1 N–H and O–H groups in total. The fraction of sp³-hybridized carbons (Fsp3) is 0.462. The Labute approximate surface area is 112 Å². The van der Waals surface area contributed by atoms with Crippen LogP contribution in [0.2, 0.25) is 5.02 Å². The van der Waals surface area contributed by atoms with Crippen LogP contribution < -0.4 is 4.74 Å². The molecule has 100 valence electrons. The number of benzene rings is 1. The van der Waals surface area contributed by atoms with E-state index >= 15 is 0 Å². The lowest BCUT2D eigenvalue weighted by Gasteiger charge is -2.16. The van der Waals surface area contributed by atoms with Crippen molar-refractivity contribution < 1.29 is 14.6 Å². The predicted molar refractivity (Wildman–Crippen MR) is 71.2 cm³/mol. The summed E-state index contributed by atoms with van der Waals surface area (Å²) >= 11 is 6.04. The first kappa shape index (κ1) is 14.8. The Bertz CT molecular complexity index is 409. The number of aliphatic carboxylic acids is 1. The molecule has 0 saturated heterocycles. The maximum absolute atomic E-state index is 10.4. The van der Waals surface area contributed by atoms with E-state index in [4.69, 9.17) is 21.4 Å². The minimum Gasteiger partial charge on any atom is -0.495 e. The van der Waals surface area contributed by atoms with Gasteiger partial charge in [-0.3, -0.25) is 4.79 Å². The molecule has 5 heteroatoms. The molecule has 0 aliphatic heterocycles. The quantitative estimate of drug-likeness (QED) is 0.828. The van der Waals surface area contributed by atoms with Crippen molar-refractivity contribution in [1.82, 2.24) is 4.90 Å². The second kappa shape index (κ2) is 7.24. The van der Waals surface area contributed by atoms with Gasteiger partial charge in [0.15, 0.2) is 0 Å². The number of methoxy groups -OCH3 is 1. The Morgan fingerprint density at radius 3 is 2.78 bits per heavy atom. The van der Waals surface area contributed by atoms with E-state index in [-0.39, 0.29) is 6.42 Å². The van der Waals surface area contributed by atoms with Gasteiger partial charge in [0.1, 0.15) is 5.75 Å². The molecule has 0 unspecified atom stereocenters. The summed E-state index contributed by atoms with van der Waals surface area (Å²) in [5.74, 6) is -0.0927. The van der Waals surface area contributed by atoms with E-state index in [2.05, 4.69) is 4.90 Å². The third-order valence-corrected chi connectivity index (χ3v) is 2.89. The van der Waals surface area contributed by atoms with Crippen molar-refractivity contribution in [2.24, 2.45) is 0 Å². The zero-order chi connectivity index (χ0) is 13.5. The minimum absolute atomic E-state index is 0.202. The summed E-state index contributed by atoms with van der Waals surface area (Å²) in [6, 6.07) is 5.66. The van der Waals surface area contributed by atoms with Gasteiger partial charge in [0.05, 0.1) is 12.1 Å². The highest BCUT2D eigenvalue weighted by molar-refractivity contribution is 6.32. The first-order valence-electron chi connectivity index (χ1n) is 5.75. The van der Waals surface area contributed by atoms with Gasteiger partial charge in [-0.15, -0.1) is 0 Å². The molecule has 1 rings (SSSR count). The van der Waals surface area contributed by atoms with Crippen molar-refractivity contribution in [1.29, 1.82) is 0 Å². The Kier molecular flexibility index (Phi) is 5.95. The second-order valence-electron chi connectivity index (χ2n) is 4.20. The van der Waals surface area contributed by atoms with Crippen LogP contribution in [0.5, 0.6) is 5.75 Å². The van der Waals surface area contributed by atoms with Crippen molar-refractivity contribution in [3.63, 3.8) is 0 Å². The molecule has 18 heavy (non-hydrogen) atoms. The lowest BCUT2D eigenvalue weighted by Crippen LogP contribution is -2.19. The van der Waals surface area contributed by atoms with Crippen LogP contribution >= 0.6 is 11.6 Å². The fourth-order valence-electron chi connectivity index (χ4n) is 1.70. The number of nitrogens with zero attached hydrogens (tertiary/aromatic N) is 1. The first-order valence-corrected chi connectivity index (χ1v) is 6.13. The van der Waals surface area contributed by atoms with Gasteiger partial charge in [0, 0.05) is 13.0 Å². The number of carbonyl (C=O) groups is 1. The molecule has 0 amide bonds. The molecule has 0 heterocycles. The third kappa shape index (κ3) is 4.94. The van der Waals surface area contributed by atoms with Gasteiger partial charge in [-0.25, -0.2) is 0 Å². The van der Waals surface area contributed by atoms with Crippen LogP contribution in [0.1, 0.15) is 18.4 Å². The van der Waals surface area contributed by atoms with E-state index < -0.39 is 5.97 Å². The standard InChI is InChI=1S/C13H18ClNO3/c1-15(7-3-4-13(16)17)9-10-5-6-12(18-2)11(14)8-10/h5-6,8H,3-4,7,9H2,1-2H3,(H,16,17). The first-order chi connectivity index (χ1) is 8.52. The number of ether oxygens (including phenoxy) is 1. The van der Waals surface area contributed by atoms with Crippen LogP contribution in [-0.4, -0.2) is 36.7 Å². The third-order valence-electron chi connectivity index (χ3n) is 2.60. The van der Waals surface area contributed by atoms with Gasteiger partial charge in [-0.1, -0.05) is 17.7 Å². The molecule has 0 atom stereocenters. The van der Waals surface area contributed by atoms with E-state index in [0.717, 1.165) is 18.7 Å². The molecule has 0 saturated carbocycles. The zero-order valence-corrected chi connectivity index (χ0v) is 11.4. The van der Waals surface area contributed by atoms with Crippen molar-refractivity contribution in [3.05, 3.63) is 28.8 Å². The summed E-state index contributed by atoms with van der Waals surface area (Å²) < 4.78 is 5.09. The van der Waals surface area contributed by atoms with E-state index in [1.807, 2.05) is 25.2 Å². The molecule has 4 nitrogen and oxygen atoms in total. The molecule has 0 aliphatic carbocycles. The number of hydrogen-bond donors (Lipinski definition) is 1. The van der Waals surface area contributed by atoms with Crippen LogP contribution in [-0.2, 0) is 11.3 Å². The summed E-state index contributed by atoms with van der Waals surface area (Å²) in [5, 5.41) is 9.15. The molecule has 0 bridgehead atoms. The predicted octanol–water partition coefficient (Wildman–Crippen LogP) is 2.65. The summed E-state index contributed by atoms with van der Waals surface area (Å²) in [5.41, 5.74) is 1.08. The molecule has 0 spiro atoms. The Morgan fingerprint density at radius 1 is 1.50 bits per heavy atom. The van der Waals surface area contributed by atoms with Crippen LogP contribution in [0.25, 0.3) is 0 Å². The van der Waals surface area contributed by atoms with Crippen LogP contribution in [0.15, 0.2) is 18.2 Å². The smallest absolute Gasteiger partial charge is 0.303 e. The largest absolute Gasteiger partial charge is 0.495 e. The van der Waals surface area contributed by atoms with Gasteiger partial charge >= 0.3 is 5.97 Å². The topological polar surface area (TPSA) is 49.8 Å². The van der Waals surface area contributed by atoms with Gasteiger partial charge in [-0.05, 0) is 37.7 Å². The van der Waals surface area contributed by atoms with Crippen LogP contribution in [0.4, 0.5) is 0 Å². The number of halogens is 1.